The van der Waals surface area contributed by atoms with Gasteiger partial charge < -0.3 is 9.80 Å². The number of carbonyl (C=O) groups excluding carboxylic acids is 3. The topological polar surface area (TPSA) is 62.1 Å². The standard InChI is InChI=1S/C21H23N3O3S/c1-14(2)15-5-6-17-16(12-15)19(25)21(27)24(17)13-22-7-9-23(10-8-22)20(26)18-4-3-11-28-18/h3-6,11-12,14H,7-10,13H2,1-2H3/p+1. The molecule has 0 bridgehead atoms. The number of carbonyl (C=O) groups is 3. The number of quaternary nitrogens is 1. The highest BCUT2D eigenvalue weighted by atomic mass is 32.1. The first-order chi connectivity index (χ1) is 13.5. The molecule has 1 N–H and O–H groups in total. The van der Waals surface area contributed by atoms with Crippen LogP contribution in [0.3, 0.4) is 0 Å². The third-order valence-electron chi connectivity index (χ3n) is 5.53. The second kappa shape index (κ2) is 7.48. The number of ketones is 1. The van der Waals surface area contributed by atoms with Crippen LogP contribution in [0.25, 0.3) is 0 Å². The summed E-state index contributed by atoms with van der Waals surface area (Å²) in [7, 11) is 0. The molecular weight excluding hydrogens is 374 g/mol. The molecule has 2 aliphatic rings. The van der Waals surface area contributed by atoms with E-state index in [2.05, 4.69) is 13.8 Å². The Bertz CT molecular complexity index is 915. The molecule has 2 aliphatic heterocycles. The van der Waals surface area contributed by atoms with Gasteiger partial charge in [-0.05, 0) is 35.1 Å². The normalized spacial score (nSPS) is 17.5. The van der Waals surface area contributed by atoms with Gasteiger partial charge in [0.25, 0.3) is 11.7 Å². The van der Waals surface area contributed by atoms with E-state index in [1.165, 1.54) is 16.2 Å². The molecule has 28 heavy (non-hydrogen) atoms. The largest absolute Gasteiger partial charge is 0.327 e. The van der Waals surface area contributed by atoms with Crippen molar-refractivity contribution >= 4 is 34.6 Å². The molecule has 0 atom stereocenters. The van der Waals surface area contributed by atoms with E-state index in [1.807, 2.05) is 40.6 Å². The summed E-state index contributed by atoms with van der Waals surface area (Å²) in [5.41, 5.74) is 2.29. The van der Waals surface area contributed by atoms with Crippen molar-refractivity contribution in [2.24, 2.45) is 0 Å². The van der Waals surface area contributed by atoms with E-state index < -0.39 is 11.7 Å². The molecule has 1 aromatic carbocycles. The van der Waals surface area contributed by atoms with E-state index in [0.29, 0.717) is 36.9 Å². The van der Waals surface area contributed by atoms with Gasteiger partial charge in [0.15, 0.2) is 6.67 Å². The van der Waals surface area contributed by atoms with Crippen LogP contribution >= 0.6 is 11.3 Å². The summed E-state index contributed by atoms with van der Waals surface area (Å²) in [6.45, 7) is 7.43. The highest BCUT2D eigenvalue weighted by Crippen LogP contribution is 2.31. The fourth-order valence-corrected chi connectivity index (χ4v) is 4.49. The molecule has 0 unspecified atom stereocenters. The second-order valence-electron chi connectivity index (χ2n) is 7.67. The van der Waals surface area contributed by atoms with Crippen LogP contribution < -0.4 is 9.80 Å². The summed E-state index contributed by atoms with van der Waals surface area (Å²) in [6.07, 6.45) is 0. The number of thiophene rings is 1. The highest BCUT2D eigenvalue weighted by Gasteiger charge is 2.38. The fraction of sp³-hybridized carbons (Fsp3) is 0.381. The molecule has 0 spiro atoms. The average molecular weight is 399 g/mol. The van der Waals surface area contributed by atoms with Gasteiger partial charge in [0, 0.05) is 0 Å². The van der Waals surface area contributed by atoms with E-state index >= 15 is 0 Å². The lowest BCUT2D eigenvalue weighted by Crippen LogP contribution is -3.16. The molecule has 0 aliphatic carbocycles. The van der Waals surface area contributed by atoms with Crippen molar-refractivity contribution in [1.82, 2.24) is 4.90 Å². The van der Waals surface area contributed by atoms with Gasteiger partial charge in [0.2, 0.25) is 0 Å². The fourth-order valence-electron chi connectivity index (χ4n) is 3.80. The Morgan fingerprint density at radius 2 is 1.93 bits per heavy atom. The number of hydrogen-bond donors (Lipinski definition) is 1. The lowest BCUT2D eigenvalue weighted by molar-refractivity contribution is -0.902. The van der Waals surface area contributed by atoms with Crippen LogP contribution in [0.2, 0.25) is 0 Å². The number of nitrogens with zero attached hydrogens (tertiary/aromatic N) is 2. The van der Waals surface area contributed by atoms with Crippen LogP contribution in [0.1, 0.15) is 45.4 Å². The second-order valence-corrected chi connectivity index (χ2v) is 8.62. The van der Waals surface area contributed by atoms with E-state index in [1.54, 1.807) is 4.90 Å². The number of benzene rings is 1. The monoisotopic (exact) mass is 398 g/mol. The number of piperazine rings is 1. The predicted octanol–water partition coefficient (Wildman–Crippen LogP) is 1.40. The molecule has 2 aromatic rings. The summed E-state index contributed by atoms with van der Waals surface area (Å²) >= 11 is 1.46. The number of hydrogen-bond acceptors (Lipinski definition) is 4. The number of anilines is 1. The van der Waals surface area contributed by atoms with Crippen molar-refractivity contribution < 1.29 is 19.3 Å². The molecule has 1 fully saturated rings. The number of Topliss-reactive ketones (excluding diaryl/α,β-unsaturated/α-hetero) is 1. The Balaban J connectivity index is 1.43. The van der Waals surface area contributed by atoms with Gasteiger partial charge in [0.1, 0.15) is 0 Å². The van der Waals surface area contributed by atoms with Crippen molar-refractivity contribution in [1.29, 1.82) is 0 Å². The maximum atomic E-state index is 12.5. The van der Waals surface area contributed by atoms with Gasteiger partial charge in [0.05, 0.1) is 42.3 Å². The summed E-state index contributed by atoms with van der Waals surface area (Å²) in [5, 5.41) is 1.91. The lowest BCUT2D eigenvalue weighted by Gasteiger charge is -2.33. The smallest absolute Gasteiger partial charge is 0.303 e. The van der Waals surface area contributed by atoms with Crippen LogP contribution in [0.5, 0.6) is 0 Å². The summed E-state index contributed by atoms with van der Waals surface area (Å²) in [4.78, 5) is 42.9. The Morgan fingerprint density at radius 1 is 1.18 bits per heavy atom. The van der Waals surface area contributed by atoms with Gasteiger partial charge in [-0.15, -0.1) is 11.3 Å². The summed E-state index contributed by atoms with van der Waals surface area (Å²) < 4.78 is 0. The van der Waals surface area contributed by atoms with E-state index in [9.17, 15) is 14.4 Å². The zero-order chi connectivity index (χ0) is 19.8. The Hall–Kier alpha value is -2.51. The first-order valence-corrected chi connectivity index (χ1v) is 10.5. The minimum absolute atomic E-state index is 0.0769. The Morgan fingerprint density at radius 3 is 2.57 bits per heavy atom. The molecule has 7 heteroatoms. The first-order valence-electron chi connectivity index (χ1n) is 9.62. The van der Waals surface area contributed by atoms with Crippen molar-refractivity contribution in [3.8, 4) is 0 Å². The number of amides is 2. The van der Waals surface area contributed by atoms with Gasteiger partial charge in [-0.25, -0.2) is 0 Å². The van der Waals surface area contributed by atoms with Crippen LogP contribution in [-0.4, -0.2) is 55.3 Å². The van der Waals surface area contributed by atoms with Crippen LogP contribution in [-0.2, 0) is 4.79 Å². The Labute approximate surface area is 168 Å². The van der Waals surface area contributed by atoms with E-state index in [4.69, 9.17) is 0 Å². The summed E-state index contributed by atoms with van der Waals surface area (Å²) in [5.74, 6) is -0.473. The Kier molecular flexibility index (Phi) is 5.03. The number of rotatable bonds is 4. The van der Waals surface area contributed by atoms with Gasteiger partial charge in [-0.2, -0.15) is 0 Å². The molecule has 146 valence electrons. The molecule has 6 nitrogen and oxygen atoms in total. The third-order valence-corrected chi connectivity index (χ3v) is 6.39. The minimum atomic E-state index is -0.444. The van der Waals surface area contributed by atoms with Crippen LogP contribution in [0.15, 0.2) is 35.7 Å². The van der Waals surface area contributed by atoms with Crippen molar-refractivity contribution in [3.63, 3.8) is 0 Å². The van der Waals surface area contributed by atoms with E-state index in [-0.39, 0.29) is 5.91 Å². The molecule has 1 aromatic heterocycles. The molecule has 0 saturated carbocycles. The van der Waals surface area contributed by atoms with E-state index in [0.717, 1.165) is 23.5 Å². The zero-order valence-electron chi connectivity index (χ0n) is 16.1. The molecule has 3 heterocycles. The summed E-state index contributed by atoms with van der Waals surface area (Å²) in [6, 6.07) is 9.48. The molecular formula is C21H24N3O3S+. The minimum Gasteiger partial charge on any atom is -0.327 e. The SMILES string of the molecule is CC(C)c1ccc2c(c1)C(=O)C(=O)N2C[NH+]1CCN(C(=O)c2cccs2)CC1. The maximum Gasteiger partial charge on any atom is 0.303 e. The lowest BCUT2D eigenvalue weighted by atomic mass is 9.99. The molecule has 2 amide bonds. The molecule has 1 saturated heterocycles. The van der Waals surface area contributed by atoms with Gasteiger partial charge in [-0.1, -0.05) is 26.0 Å². The maximum absolute atomic E-state index is 12.5. The van der Waals surface area contributed by atoms with Crippen LogP contribution in [0.4, 0.5) is 5.69 Å². The predicted molar refractivity (Wildman–Crippen MR) is 108 cm³/mol. The number of fused-ring (bicyclic) bond motifs is 1. The van der Waals surface area contributed by atoms with Crippen molar-refractivity contribution in [3.05, 3.63) is 51.7 Å². The van der Waals surface area contributed by atoms with Crippen molar-refractivity contribution in [2.75, 3.05) is 37.7 Å². The molecule has 0 radical (unpaired) electrons. The third kappa shape index (κ3) is 3.36. The zero-order valence-corrected chi connectivity index (χ0v) is 16.9. The van der Waals surface area contributed by atoms with Gasteiger partial charge >= 0.3 is 5.91 Å². The first kappa shape index (κ1) is 18.8. The van der Waals surface area contributed by atoms with Crippen molar-refractivity contribution in [2.45, 2.75) is 19.8 Å². The average Bonchev–Trinajstić information content (AvgIpc) is 3.32. The molecule has 4 rings (SSSR count). The quantitative estimate of drug-likeness (QED) is 0.792. The number of nitrogens with one attached hydrogen (secondary N) is 1. The highest BCUT2D eigenvalue weighted by molar-refractivity contribution is 7.12. The van der Waals surface area contributed by atoms with Gasteiger partial charge in [-0.3, -0.25) is 19.3 Å². The van der Waals surface area contributed by atoms with Crippen LogP contribution in [0, 0.1) is 0 Å².